The number of rotatable bonds is 3. The van der Waals surface area contributed by atoms with Gasteiger partial charge in [0.05, 0.1) is 24.5 Å². The molecule has 0 N–H and O–H groups in total. The van der Waals surface area contributed by atoms with Crippen molar-refractivity contribution < 1.29 is 9.53 Å². The molecule has 0 bridgehead atoms. The zero-order valence-corrected chi connectivity index (χ0v) is 16.1. The number of amides is 1. The highest BCUT2D eigenvalue weighted by atomic mass is 16.5. The van der Waals surface area contributed by atoms with Crippen LogP contribution >= 0.6 is 0 Å². The van der Waals surface area contributed by atoms with Crippen molar-refractivity contribution in [3.05, 3.63) is 90.0 Å². The normalized spacial score (nSPS) is 17.7. The summed E-state index contributed by atoms with van der Waals surface area (Å²) in [4.78, 5) is 17.4. The van der Waals surface area contributed by atoms with E-state index in [0.717, 1.165) is 54.4 Å². The Kier molecular flexibility index (Phi) is 4.62. The van der Waals surface area contributed by atoms with E-state index in [0.29, 0.717) is 0 Å². The molecule has 0 aliphatic carbocycles. The van der Waals surface area contributed by atoms with Gasteiger partial charge >= 0.3 is 0 Å². The van der Waals surface area contributed by atoms with Crippen LogP contribution in [0, 0.1) is 0 Å². The third kappa shape index (κ3) is 3.32. The smallest absolute Gasteiger partial charge is 0.263 e. The lowest BCUT2D eigenvalue weighted by atomic mass is 10.0. The molecule has 2 aliphatic rings. The van der Waals surface area contributed by atoms with E-state index in [1.54, 1.807) is 4.90 Å². The van der Waals surface area contributed by atoms with Crippen molar-refractivity contribution in [1.29, 1.82) is 0 Å². The molecule has 5 rings (SSSR count). The summed E-state index contributed by atoms with van der Waals surface area (Å²) in [5, 5.41) is 0. The molecule has 3 aromatic rings. The highest BCUT2D eigenvalue weighted by Crippen LogP contribution is 2.42. The molecule has 2 aliphatic heterocycles. The van der Waals surface area contributed by atoms with Gasteiger partial charge in [-0.15, -0.1) is 0 Å². The second-order valence-electron chi connectivity index (χ2n) is 7.24. The van der Waals surface area contributed by atoms with Gasteiger partial charge in [-0.05, 0) is 42.0 Å². The summed E-state index contributed by atoms with van der Waals surface area (Å²) in [7, 11) is 0. The molecular weight excluding hydrogens is 360 g/mol. The van der Waals surface area contributed by atoms with Crippen molar-refractivity contribution in [2.24, 2.45) is 0 Å². The van der Waals surface area contributed by atoms with Crippen molar-refractivity contribution in [1.82, 2.24) is 0 Å². The number of carbonyl (C=O) groups is 1. The molecule has 144 valence electrons. The fourth-order valence-electron chi connectivity index (χ4n) is 3.98. The Hall–Kier alpha value is -3.37. The lowest BCUT2D eigenvalue weighted by Gasteiger charge is -2.28. The van der Waals surface area contributed by atoms with Crippen molar-refractivity contribution in [2.45, 2.75) is 0 Å². The van der Waals surface area contributed by atoms with Crippen molar-refractivity contribution >= 4 is 34.6 Å². The van der Waals surface area contributed by atoms with Crippen LogP contribution in [0.2, 0.25) is 0 Å². The molecule has 29 heavy (non-hydrogen) atoms. The molecule has 0 spiro atoms. The number of anilines is 3. The Morgan fingerprint density at radius 2 is 1.45 bits per heavy atom. The first-order valence-corrected chi connectivity index (χ1v) is 9.95. The molecule has 3 aromatic carbocycles. The summed E-state index contributed by atoms with van der Waals surface area (Å²) >= 11 is 0. The van der Waals surface area contributed by atoms with Gasteiger partial charge in [-0.2, -0.15) is 0 Å². The molecule has 0 radical (unpaired) electrons. The Balaban J connectivity index is 1.49. The number of nitrogens with zero attached hydrogens (tertiary/aromatic N) is 2. The van der Waals surface area contributed by atoms with Gasteiger partial charge in [0.2, 0.25) is 0 Å². The Bertz CT molecular complexity index is 1050. The first kappa shape index (κ1) is 17.7. The van der Waals surface area contributed by atoms with E-state index in [9.17, 15) is 4.79 Å². The molecule has 0 atom stereocenters. The van der Waals surface area contributed by atoms with E-state index in [1.807, 2.05) is 60.7 Å². The number of hydrogen-bond acceptors (Lipinski definition) is 3. The lowest BCUT2D eigenvalue weighted by Crippen LogP contribution is -2.36. The highest BCUT2D eigenvalue weighted by Gasteiger charge is 2.32. The largest absolute Gasteiger partial charge is 0.378 e. The van der Waals surface area contributed by atoms with Crippen LogP contribution in [-0.4, -0.2) is 32.2 Å². The summed E-state index contributed by atoms with van der Waals surface area (Å²) in [6, 6.07) is 26.2. The van der Waals surface area contributed by atoms with Gasteiger partial charge in [-0.1, -0.05) is 48.5 Å². The van der Waals surface area contributed by atoms with Gasteiger partial charge in [0.1, 0.15) is 0 Å². The number of benzene rings is 3. The fourth-order valence-corrected chi connectivity index (χ4v) is 3.98. The summed E-state index contributed by atoms with van der Waals surface area (Å²) in [5.74, 6) is 0.00894. The average Bonchev–Trinajstić information content (AvgIpc) is 3.07. The zero-order chi connectivity index (χ0) is 19.6. The quantitative estimate of drug-likeness (QED) is 0.613. The molecular formula is C25H22N2O2. The molecule has 4 heteroatoms. The van der Waals surface area contributed by atoms with Gasteiger partial charge in [0, 0.05) is 30.0 Å². The van der Waals surface area contributed by atoms with E-state index in [4.69, 9.17) is 4.74 Å². The molecule has 0 aromatic heterocycles. The van der Waals surface area contributed by atoms with Crippen LogP contribution in [0.4, 0.5) is 17.1 Å². The number of hydrogen-bond donors (Lipinski definition) is 0. The molecule has 0 saturated carbocycles. The number of fused-ring (bicyclic) bond motifs is 1. The summed E-state index contributed by atoms with van der Waals surface area (Å²) < 4.78 is 5.43. The van der Waals surface area contributed by atoms with E-state index in [1.165, 1.54) is 5.69 Å². The van der Waals surface area contributed by atoms with Crippen molar-refractivity contribution in [3.63, 3.8) is 0 Å². The fraction of sp³-hybridized carbons (Fsp3) is 0.160. The van der Waals surface area contributed by atoms with Crippen LogP contribution in [0.25, 0.3) is 11.6 Å². The number of para-hydroxylation sites is 2. The van der Waals surface area contributed by atoms with E-state index in [-0.39, 0.29) is 5.91 Å². The minimum Gasteiger partial charge on any atom is -0.378 e. The second kappa shape index (κ2) is 7.57. The van der Waals surface area contributed by atoms with Crippen LogP contribution in [0.3, 0.4) is 0 Å². The predicted molar refractivity (Wildman–Crippen MR) is 117 cm³/mol. The second-order valence-corrected chi connectivity index (χ2v) is 7.24. The third-order valence-electron chi connectivity index (χ3n) is 5.46. The molecule has 1 amide bonds. The topological polar surface area (TPSA) is 32.8 Å². The monoisotopic (exact) mass is 382 g/mol. The minimum atomic E-state index is 0.00894. The van der Waals surface area contributed by atoms with Gasteiger partial charge in [-0.25, -0.2) is 0 Å². The Morgan fingerprint density at radius 1 is 0.759 bits per heavy atom. The Labute approximate surface area is 170 Å². The molecule has 1 fully saturated rings. The standard InChI is InChI=1S/C25H22N2O2/c28-25-23(18-19-10-12-20(13-11-19)26-14-16-29-17-15-26)22-8-4-5-9-24(22)27(25)21-6-2-1-3-7-21/h1-13,18H,14-17H2/b23-18+. The third-order valence-corrected chi connectivity index (χ3v) is 5.46. The lowest BCUT2D eigenvalue weighted by molar-refractivity contribution is -0.112. The molecule has 1 saturated heterocycles. The van der Waals surface area contributed by atoms with E-state index < -0.39 is 0 Å². The van der Waals surface area contributed by atoms with Crippen LogP contribution in [0.5, 0.6) is 0 Å². The minimum absolute atomic E-state index is 0.00894. The number of ether oxygens (including phenoxy) is 1. The maximum atomic E-state index is 13.3. The maximum Gasteiger partial charge on any atom is 0.263 e. The molecule has 0 unspecified atom stereocenters. The van der Waals surface area contributed by atoms with E-state index in [2.05, 4.69) is 29.2 Å². The predicted octanol–water partition coefficient (Wildman–Crippen LogP) is 4.74. The van der Waals surface area contributed by atoms with Gasteiger partial charge in [0.25, 0.3) is 5.91 Å². The van der Waals surface area contributed by atoms with Crippen molar-refractivity contribution in [3.8, 4) is 0 Å². The SMILES string of the molecule is O=C1/C(=C/c2ccc(N3CCOCC3)cc2)c2ccccc2N1c1ccccc1. The average molecular weight is 382 g/mol. The highest BCUT2D eigenvalue weighted by molar-refractivity contribution is 6.37. The van der Waals surface area contributed by atoms with Crippen LogP contribution in [-0.2, 0) is 9.53 Å². The van der Waals surface area contributed by atoms with Crippen LogP contribution in [0.1, 0.15) is 11.1 Å². The van der Waals surface area contributed by atoms with Gasteiger partial charge in [-0.3, -0.25) is 9.69 Å². The van der Waals surface area contributed by atoms with Crippen LogP contribution < -0.4 is 9.80 Å². The first-order chi connectivity index (χ1) is 14.3. The van der Waals surface area contributed by atoms with Gasteiger partial charge < -0.3 is 9.64 Å². The summed E-state index contributed by atoms with van der Waals surface area (Å²) in [6.45, 7) is 3.37. The molecule has 2 heterocycles. The van der Waals surface area contributed by atoms with Crippen LogP contribution in [0.15, 0.2) is 78.9 Å². The summed E-state index contributed by atoms with van der Waals surface area (Å²) in [6.07, 6.45) is 1.99. The summed E-state index contributed by atoms with van der Waals surface area (Å²) in [5.41, 5.74) is 5.73. The zero-order valence-electron chi connectivity index (χ0n) is 16.1. The molecule has 4 nitrogen and oxygen atoms in total. The van der Waals surface area contributed by atoms with Crippen molar-refractivity contribution in [2.75, 3.05) is 36.1 Å². The maximum absolute atomic E-state index is 13.3. The first-order valence-electron chi connectivity index (χ1n) is 9.95. The number of morpholine rings is 1. The van der Waals surface area contributed by atoms with Gasteiger partial charge in [0.15, 0.2) is 0 Å². The van der Waals surface area contributed by atoms with E-state index >= 15 is 0 Å². The Morgan fingerprint density at radius 3 is 2.21 bits per heavy atom. The number of carbonyl (C=O) groups excluding carboxylic acids is 1.